The lowest BCUT2D eigenvalue weighted by Gasteiger charge is -2.21. The molecule has 0 fully saturated rings. The first-order chi connectivity index (χ1) is 44.8. The highest BCUT2D eigenvalue weighted by atomic mass is 31.2. The van der Waals surface area contributed by atoms with E-state index in [0.717, 1.165) is 114 Å². The Morgan fingerprint density at radius 3 is 0.763 bits per heavy atom. The fourth-order valence-corrected chi connectivity index (χ4v) is 12.7. The summed E-state index contributed by atoms with van der Waals surface area (Å²) in [7, 11) is -9.91. The maximum Gasteiger partial charge on any atom is 0.472 e. The molecule has 0 aromatic rings. The number of hydrogen-bond donors (Lipinski definition) is 3. The second-order valence-corrected chi connectivity index (χ2v) is 30.3. The van der Waals surface area contributed by atoms with E-state index >= 15 is 0 Å². The van der Waals surface area contributed by atoms with Gasteiger partial charge in [-0.1, -0.05) is 325 Å². The number of carbonyl (C=O) groups is 4. The zero-order chi connectivity index (χ0) is 68.7. The summed E-state index contributed by atoms with van der Waals surface area (Å²) < 4.78 is 68.4. The van der Waals surface area contributed by atoms with Gasteiger partial charge in [-0.25, -0.2) is 9.13 Å². The van der Waals surface area contributed by atoms with Crippen molar-refractivity contribution in [2.75, 3.05) is 39.6 Å². The number of aliphatic hydroxyl groups excluding tert-OH is 1. The van der Waals surface area contributed by atoms with E-state index in [1.54, 1.807) is 0 Å². The van der Waals surface area contributed by atoms with Gasteiger partial charge in [-0.2, -0.15) is 0 Å². The van der Waals surface area contributed by atoms with E-state index in [9.17, 15) is 43.2 Å². The van der Waals surface area contributed by atoms with Crippen molar-refractivity contribution < 1.29 is 80.2 Å². The number of hydrogen-bond acceptors (Lipinski definition) is 15. The normalized spacial score (nSPS) is 15.0. The summed E-state index contributed by atoms with van der Waals surface area (Å²) in [5.41, 5.74) is 0. The summed E-state index contributed by atoms with van der Waals surface area (Å²) in [6, 6.07) is 0. The smallest absolute Gasteiger partial charge is 0.462 e. The summed E-state index contributed by atoms with van der Waals surface area (Å²) in [6.07, 6.45) is 50.0. The van der Waals surface area contributed by atoms with Crippen molar-refractivity contribution in [3.05, 3.63) is 0 Å². The minimum Gasteiger partial charge on any atom is -0.462 e. The Morgan fingerprint density at radius 2 is 0.516 bits per heavy atom. The minimum atomic E-state index is -4.96. The van der Waals surface area contributed by atoms with Crippen LogP contribution in [-0.4, -0.2) is 96.7 Å². The van der Waals surface area contributed by atoms with Crippen LogP contribution >= 0.6 is 15.6 Å². The van der Waals surface area contributed by atoms with Gasteiger partial charge in [-0.05, 0) is 43.4 Å². The molecule has 0 saturated heterocycles. The number of phosphoric acid groups is 2. The topological polar surface area (TPSA) is 237 Å². The summed E-state index contributed by atoms with van der Waals surface area (Å²) in [5.74, 6) is 0.154. The summed E-state index contributed by atoms with van der Waals surface area (Å²) in [5, 5.41) is 10.6. The second-order valence-electron chi connectivity index (χ2n) is 27.4. The van der Waals surface area contributed by atoms with Crippen molar-refractivity contribution in [2.45, 2.75) is 394 Å². The van der Waals surface area contributed by atoms with Crippen LogP contribution in [-0.2, 0) is 65.4 Å². The maximum atomic E-state index is 13.1. The Balaban J connectivity index is 5.24. The van der Waals surface area contributed by atoms with Gasteiger partial charge >= 0.3 is 39.5 Å². The third kappa shape index (κ3) is 64.5. The summed E-state index contributed by atoms with van der Waals surface area (Å²) in [6.45, 7) is 11.8. The average molecular weight is 1370 g/mol. The summed E-state index contributed by atoms with van der Waals surface area (Å²) >= 11 is 0. The molecule has 0 aliphatic rings. The molecule has 0 rings (SSSR count). The minimum absolute atomic E-state index is 0.104. The van der Waals surface area contributed by atoms with Crippen LogP contribution in [0.5, 0.6) is 0 Å². The van der Waals surface area contributed by atoms with E-state index < -0.39 is 97.5 Å². The van der Waals surface area contributed by atoms with Crippen molar-refractivity contribution in [3.8, 4) is 0 Å². The Labute approximate surface area is 568 Å². The van der Waals surface area contributed by atoms with Crippen molar-refractivity contribution in [1.82, 2.24) is 0 Å². The van der Waals surface area contributed by atoms with Gasteiger partial charge in [0.2, 0.25) is 0 Å². The monoisotopic (exact) mass is 1370 g/mol. The Morgan fingerprint density at radius 1 is 0.301 bits per heavy atom. The number of unbranched alkanes of at least 4 members (excludes halogenated alkanes) is 37. The number of rotatable bonds is 72. The second kappa shape index (κ2) is 64.7. The molecule has 0 aliphatic heterocycles. The molecular weight excluding hydrogens is 1220 g/mol. The Bertz CT molecular complexity index is 1820. The van der Waals surface area contributed by atoms with Gasteiger partial charge in [0.1, 0.15) is 19.3 Å². The van der Waals surface area contributed by atoms with E-state index in [1.165, 1.54) is 180 Å². The van der Waals surface area contributed by atoms with Gasteiger partial charge in [-0.3, -0.25) is 37.3 Å². The van der Waals surface area contributed by atoms with E-state index in [4.69, 9.17) is 37.0 Å². The summed E-state index contributed by atoms with van der Waals surface area (Å²) in [4.78, 5) is 72.7. The molecule has 93 heavy (non-hydrogen) atoms. The van der Waals surface area contributed by atoms with Crippen LogP contribution in [0.25, 0.3) is 0 Å². The van der Waals surface area contributed by atoms with Crippen molar-refractivity contribution in [1.29, 1.82) is 0 Å². The predicted molar refractivity (Wildman–Crippen MR) is 377 cm³/mol. The number of ether oxygens (including phenoxy) is 4. The number of carbonyl (C=O) groups excluding carboxylic acids is 4. The largest absolute Gasteiger partial charge is 0.472 e. The van der Waals surface area contributed by atoms with Crippen molar-refractivity contribution in [2.24, 2.45) is 17.8 Å². The molecule has 19 heteroatoms. The zero-order valence-corrected chi connectivity index (χ0v) is 62.5. The molecule has 0 aromatic heterocycles. The van der Waals surface area contributed by atoms with E-state index in [1.807, 2.05) is 0 Å². The first-order valence-corrected chi connectivity index (χ1v) is 41.5. The lowest BCUT2D eigenvalue weighted by atomic mass is 9.99. The first-order valence-electron chi connectivity index (χ1n) is 38.5. The standard InChI is InChI=1S/C74H144O17P2/c1-8-12-13-14-15-16-17-18-19-20-21-22-23-24-25-26-34-43-50-57-73(78)90-69(61-84-71(76)55-48-41-33-29-27-31-38-45-52-65(5)9-2)63-88-92(80,81)86-59-68(75)60-87-93(82,83)89-64-70(62-85-72(77)56-49-42-37-36-40-47-54-67(7)11-4)91-74(79)58-51-44-35-30-28-32-39-46-53-66(6)10-3/h65-70,75H,8-64H2,1-7H3,(H,80,81)(H,82,83)/t65?,66?,67?,68-,69-,70-/m1/s1. The van der Waals surface area contributed by atoms with Gasteiger partial charge in [0.05, 0.1) is 26.4 Å². The highest BCUT2D eigenvalue weighted by Crippen LogP contribution is 2.45. The van der Waals surface area contributed by atoms with Crippen LogP contribution in [0.2, 0.25) is 0 Å². The molecule has 0 amide bonds. The third-order valence-corrected chi connectivity index (χ3v) is 20.1. The Kier molecular flexibility index (Phi) is 63.4. The van der Waals surface area contributed by atoms with Crippen LogP contribution < -0.4 is 0 Å². The van der Waals surface area contributed by atoms with Crippen LogP contribution in [0.4, 0.5) is 0 Å². The van der Waals surface area contributed by atoms with Crippen LogP contribution in [0.1, 0.15) is 376 Å². The molecule has 3 N–H and O–H groups in total. The number of aliphatic hydroxyl groups is 1. The van der Waals surface area contributed by atoms with Crippen LogP contribution in [0, 0.1) is 17.8 Å². The van der Waals surface area contributed by atoms with E-state index in [2.05, 4.69) is 48.5 Å². The molecule has 0 spiro atoms. The molecule has 0 saturated carbocycles. The van der Waals surface area contributed by atoms with Gasteiger partial charge in [0.15, 0.2) is 12.2 Å². The lowest BCUT2D eigenvalue weighted by Crippen LogP contribution is -2.30. The highest BCUT2D eigenvalue weighted by Gasteiger charge is 2.30. The molecular formula is C74H144O17P2. The van der Waals surface area contributed by atoms with Crippen LogP contribution in [0.15, 0.2) is 0 Å². The molecule has 552 valence electrons. The number of phosphoric ester groups is 2. The van der Waals surface area contributed by atoms with Crippen molar-refractivity contribution in [3.63, 3.8) is 0 Å². The average Bonchev–Trinajstić information content (AvgIpc) is 3.75. The van der Waals surface area contributed by atoms with Crippen molar-refractivity contribution >= 4 is 39.5 Å². The third-order valence-electron chi connectivity index (χ3n) is 18.2. The van der Waals surface area contributed by atoms with Crippen LogP contribution in [0.3, 0.4) is 0 Å². The fraction of sp³-hybridized carbons (Fsp3) is 0.946. The fourth-order valence-electron chi connectivity index (χ4n) is 11.2. The predicted octanol–water partition coefficient (Wildman–Crippen LogP) is 21.4. The Hall–Kier alpha value is -1.94. The number of esters is 4. The molecule has 8 atom stereocenters. The van der Waals surface area contributed by atoms with Gasteiger partial charge < -0.3 is 33.8 Å². The molecule has 5 unspecified atom stereocenters. The molecule has 0 aromatic carbocycles. The molecule has 0 radical (unpaired) electrons. The highest BCUT2D eigenvalue weighted by molar-refractivity contribution is 7.47. The first kappa shape index (κ1) is 91.1. The van der Waals surface area contributed by atoms with Gasteiger partial charge in [0.25, 0.3) is 0 Å². The van der Waals surface area contributed by atoms with Gasteiger partial charge in [-0.15, -0.1) is 0 Å². The SMILES string of the molecule is CCCCCCCCCCCCCCCCCCCCCC(=O)O[C@H](COC(=O)CCCCCCCCCCC(C)CC)COP(=O)(O)OC[C@@H](O)COP(=O)(O)OC[C@@H](COC(=O)CCCCCCCCC(C)CC)OC(=O)CCCCCCCCCCC(C)CC. The molecule has 0 bridgehead atoms. The maximum absolute atomic E-state index is 13.1. The van der Waals surface area contributed by atoms with Gasteiger partial charge in [0, 0.05) is 25.7 Å². The van der Waals surface area contributed by atoms with E-state index in [-0.39, 0.29) is 25.7 Å². The molecule has 17 nitrogen and oxygen atoms in total. The quantitative estimate of drug-likeness (QED) is 0.0222. The zero-order valence-electron chi connectivity index (χ0n) is 60.7. The lowest BCUT2D eigenvalue weighted by molar-refractivity contribution is -0.161. The van der Waals surface area contributed by atoms with E-state index in [0.29, 0.717) is 25.7 Å². The molecule has 0 aliphatic carbocycles. The molecule has 0 heterocycles.